The molecule has 0 amide bonds. The molecule has 0 bridgehead atoms. The molecule has 0 N–H and O–H groups in total. The summed E-state index contributed by atoms with van der Waals surface area (Å²) in [6.07, 6.45) is 8.65. The smallest absolute Gasteiger partial charge is 0.0427 e. The van der Waals surface area contributed by atoms with Crippen LogP contribution in [0, 0.1) is 0 Å². The lowest BCUT2D eigenvalue weighted by Crippen LogP contribution is -2.07. The van der Waals surface area contributed by atoms with Crippen LogP contribution in [0.1, 0.15) is 6.92 Å². The van der Waals surface area contributed by atoms with Gasteiger partial charge in [0.1, 0.15) is 0 Å². The summed E-state index contributed by atoms with van der Waals surface area (Å²) in [6.45, 7) is 10.8. The van der Waals surface area contributed by atoms with Gasteiger partial charge in [0.2, 0.25) is 0 Å². The van der Waals surface area contributed by atoms with Crippen LogP contribution in [0.5, 0.6) is 0 Å². The molecule has 1 aliphatic heterocycles. The number of hydrogen-bond donors (Lipinski definition) is 0. The van der Waals surface area contributed by atoms with Crippen molar-refractivity contribution in [1.29, 1.82) is 0 Å². The highest BCUT2D eigenvalue weighted by Gasteiger charge is 2.10. The Hall–Kier alpha value is 0.960. The third kappa shape index (κ3) is 6.64. The van der Waals surface area contributed by atoms with Gasteiger partial charge in [0.15, 0.2) is 0 Å². The summed E-state index contributed by atoms with van der Waals surface area (Å²) in [5, 5.41) is 0. The summed E-state index contributed by atoms with van der Waals surface area (Å²) in [7, 11) is 0.842. The summed E-state index contributed by atoms with van der Waals surface area (Å²) >= 11 is 0. The molecule has 0 saturated heterocycles. The highest BCUT2D eigenvalue weighted by Crippen LogP contribution is 2.42. The fourth-order valence-corrected chi connectivity index (χ4v) is 9.23. The number of nitrogens with zero attached hydrogens (tertiary/aromatic N) is 1. The molecule has 1 nitrogen and oxygen atoms in total. The molecule has 0 radical (unpaired) electrons. The molecule has 1 aliphatic rings. The van der Waals surface area contributed by atoms with Gasteiger partial charge in [-0.3, -0.25) is 4.99 Å². The summed E-state index contributed by atoms with van der Waals surface area (Å²) < 4.78 is 0. The lowest BCUT2D eigenvalue weighted by atomic mass is 10.5. The number of hydrogen-bond acceptors (Lipinski definition) is 1. The minimum Gasteiger partial charge on any atom is -0.294 e. The fourth-order valence-electron chi connectivity index (χ4n) is 1.84. The van der Waals surface area contributed by atoms with E-state index in [4.69, 9.17) is 4.99 Å². The van der Waals surface area contributed by atoms with Gasteiger partial charge in [0, 0.05) is 18.4 Å². The van der Waals surface area contributed by atoms with Gasteiger partial charge in [0.25, 0.3) is 0 Å². The Labute approximate surface area is 105 Å². The van der Waals surface area contributed by atoms with Crippen LogP contribution in [0.4, 0.5) is 0 Å². The Morgan fingerprint density at radius 1 is 0.812 bits per heavy atom. The zero-order valence-electron chi connectivity index (χ0n) is 11.2. The number of rotatable bonds is 0. The molecule has 4 heteroatoms. The quantitative estimate of drug-likeness (QED) is 0.597. The zero-order valence-corrected chi connectivity index (χ0v) is 13.9. The van der Waals surface area contributed by atoms with E-state index in [-0.39, 0.29) is 15.8 Å². The first-order valence-corrected chi connectivity index (χ1v) is 12.6. The summed E-state index contributed by atoms with van der Waals surface area (Å²) in [6, 6.07) is 0. The maximum atomic E-state index is 4.73. The molecule has 16 heavy (non-hydrogen) atoms. The van der Waals surface area contributed by atoms with Crippen molar-refractivity contribution in [3.63, 3.8) is 0 Å². The van der Waals surface area contributed by atoms with Gasteiger partial charge in [-0.1, -0.05) is 0 Å². The molecule has 0 aromatic heterocycles. The van der Waals surface area contributed by atoms with Crippen molar-refractivity contribution in [1.82, 2.24) is 0 Å². The Morgan fingerprint density at radius 2 is 1.31 bits per heavy atom. The fraction of sp³-hybridized carbons (Fsp3) is 0.917. The summed E-state index contributed by atoms with van der Waals surface area (Å²) in [5.74, 6) is 0. The van der Waals surface area contributed by atoms with Crippen molar-refractivity contribution in [2.24, 2.45) is 4.99 Å². The molecule has 0 saturated carbocycles. The van der Waals surface area contributed by atoms with Gasteiger partial charge in [-0.2, -0.15) is 0 Å². The Kier molecular flexibility index (Phi) is 7.63. The van der Waals surface area contributed by atoms with E-state index in [1.54, 1.807) is 0 Å². The first-order chi connectivity index (χ1) is 7.58. The van der Waals surface area contributed by atoms with E-state index in [2.05, 4.69) is 26.9 Å². The first kappa shape index (κ1) is 15.0. The van der Waals surface area contributed by atoms with Gasteiger partial charge in [-0.05, 0) is 57.7 Å². The van der Waals surface area contributed by atoms with Gasteiger partial charge in [-0.15, -0.1) is 23.8 Å². The number of aliphatic imine (C=N–C) groups is 1. The molecular weight excluding hydrogens is 251 g/mol. The minimum absolute atomic E-state index is 0.229. The second kappa shape index (κ2) is 8.13. The van der Waals surface area contributed by atoms with E-state index in [1.165, 1.54) is 42.7 Å². The highest BCUT2D eigenvalue weighted by atomic mass is 31.1. The molecule has 0 fully saturated rings. The lowest BCUT2D eigenvalue weighted by Gasteiger charge is -2.20. The Balaban J connectivity index is 2.51. The first-order valence-electron chi connectivity index (χ1n) is 6.13. The van der Waals surface area contributed by atoms with Crippen molar-refractivity contribution in [3.8, 4) is 0 Å². The maximum Gasteiger partial charge on any atom is 0.0427 e. The zero-order chi connectivity index (χ0) is 12.0. The normalized spacial score (nSPS) is 34.8. The molecule has 1 heterocycles. The van der Waals surface area contributed by atoms with Crippen LogP contribution in [0.15, 0.2) is 4.99 Å². The monoisotopic (exact) mass is 277 g/mol. The van der Waals surface area contributed by atoms with E-state index in [1.807, 2.05) is 0 Å². The molecule has 3 atom stereocenters. The predicted octanol–water partition coefficient (Wildman–Crippen LogP) is 3.80. The Bertz CT molecular complexity index is 230. The van der Waals surface area contributed by atoms with Crippen molar-refractivity contribution < 1.29 is 0 Å². The average molecular weight is 277 g/mol. The third-order valence-corrected chi connectivity index (χ3v) is 9.70. The molecule has 0 aromatic carbocycles. The van der Waals surface area contributed by atoms with Gasteiger partial charge in [0.05, 0.1) is 0 Å². The standard InChI is InChI=1S/C12H26NP3/c1-12-11-16(4)10-9-15(3)8-7-14(2)6-5-13-12/h5-11H2,1-4H3. The van der Waals surface area contributed by atoms with E-state index in [0.717, 1.165) is 6.54 Å². The van der Waals surface area contributed by atoms with Crippen LogP contribution in [-0.4, -0.2) is 69.2 Å². The van der Waals surface area contributed by atoms with Crippen molar-refractivity contribution >= 4 is 29.5 Å². The van der Waals surface area contributed by atoms with Crippen molar-refractivity contribution in [3.05, 3.63) is 0 Å². The van der Waals surface area contributed by atoms with Crippen LogP contribution in [0.2, 0.25) is 0 Å². The highest BCUT2D eigenvalue weighted by molar-refractivity contribution is 7.63. The van der Waals surface area contributed by atoms with Gasteiger partial charge >= 0.3 is 0 Å². The van der Waals surface area contributed by atoms with Gasteiger partial charge in [-0.25, -0.2) is 0 Å². The van der Waals surface area contributed by atoms with E-state index >= 15 is 0 Å². The predicted molar refractivity (Wildman–Crippen MR) is 85.7 cm³/mol. The van der Waals surface area contributed by atoms with Crippen LogP contribution in [-0.2, 0) is 0 Å². The molecule has 0 aliphatic carbocycles. The molecule has 3 unspecified atom stereocenters. The minimum atomic E-state index is 0.229. The third-order valence-electron chi connectivity index (χ3n) is 3.09. The van der Waals surface area contributed by atoms with E-state index in [9.17, 15) is 0 Å². The summed E-state index contributed by atoms with van der Waals surface area (Å²) in [4.78, 5) is 4.73. The maximum absolute atomic E-state index is 4.73. The largest absolute Gasteiger partial charge is 0.294 e. The average Bonchev–Trinajstić information content (AvgIpc) is 2.22. The second-order valence-electron chi connectivity index (χ2n) is 4.96. The molecule has 0 spiro atoms. The molecule has 1 rings (SSSR count). The second-order valence-corrected chi connectivity index (χ2v) is 12.6. The SMILES string of the molecule is CC1=NCCP(C)CCP(C)CCP(C)C1. The van der Waals surface area contributed by atoms with Crippen LogP contribution < -0.4 is 0 Å². The van der Waals surface area contributed by atoms with E-state index in [0.29, 0.717) is 7.92 Å². The summed E-state index contributed by atoms with van der Waals surface area (Å²) in [5.41, 5.74) is 1.41. The molecular formula is C12H26NP3. The van der Waals surface area contributed by atoms with Gasteiger partial charge < -0.3 is 0 Å². The van der Waals surface area contributed by atoms with Crippen molar-refractivity contribution in [2.45, 2.75) is 6.92 Å². The Morgan fingerprint density at radius 3 is 1.94 bits per heavy atom. The van der Waals surface area contributed by atoms with Crippen LogP contribution in [0.3, 0.4) is 0 Å². The molecule has 0 aromatic rings. The van der Waals surface area contributed by atoms with E-state index < -0.39 is 0 Å². The van der Waals surface area contributed by atoms with Crippen molar-refractivity contribution in [2.75, 3.05) is 63.5 Å². The topological polar surface area (TPSA) is 12.4 Å². The molecule has 94 valence electrons. The lowest BCUT2D eigenvalue weighted by molar-refractivity contribution is 1.12. The van der Waals surface area contributed by atoms with Crippen LogP contribution in [0.25, 0.3) is 0 Å². The van der Waals surface area contributed by atoms with Crippen LogP contribution >= 0.6 is 23.8 Å².